The van der Waals surface area contributed by atoms with Crippen molar-refractivity contribution in [3.63, 3.8) is 0 Å². The third kappa shape index (κ3) is 8.41. The highest BCUT2D eigenvalue weighted by Crippen LogP contribution is 2.32. The maximum absolute atomic E-state index is 13.2. The molecule has 11 nitrogen and oxygen atoms in total. The number of rotatable bonds is 15. The zero-order chi connectivity index (χ0) is 28.3. The van der Waals surface area contributed by atoms with Crippen molar-refractivity contribution in [3.8, 4) is 11.5 Å². The molecule has 0 saturated carbocycles. The monoisotopic (exact) mass is 564 g/mol. The molecule has 0 spiro atoms. The Kier molecular flexibility index (Phi) is 11.6. The van der Waals surface area contributed by atoms with Gasteiger partial charge in [0.1, 0.15) is 11.5 Å². The number of benzene rings is 2. The molecule has 1 heterocycles. The van der Waals surface area contributed by atoms with Crippen LogP contribution in [-0.2, 0) is 29.0 Å². The quantitative estimate of drug-likeness (QED) is 0.311. The smallest absolute Gasteiger partial charge is 0.286 e. The Morgan fingerprint density at radius 1 is 1.00 bits per heavy atom. The van der Waals surface area contributed by atoms with Gasteiger partial charge in [0.05, 0.1) is 38.9 Å². The number of nitrogens with zero attached hydrogens (tertiary/aromatic N) is 1. The lowest BCUT2D eigenvalue weighted by atomic mass is 9.93. The third-order valence-electron chi connectivity index (χ3n) is 6.11. The van der Waals surface area contributed by atoms with Gasteiger partial charge in [0, 0.05) is 39.1 Å². The second-order valence-electron chi connectivity index (χ2n) is 8.62. The van der Waals surface area contributed by atoms with Crippen molar-refractivity contribution in [2.24, 2.45) is 0 Å². The number of hydrogen-bond donors (Lipinski definition) is 2. The van der Waals surface area contributed by atoms with Crippen LogP contribution in [0.1, 0.15) is 17.9 Å². The van der Waals surface area contributed by atoms with E-state index in [1.54, 1.807) is 32.4 Å². The van der Waals surface area contributed by atoms with E-state index in [1.165, 1.54) is 19.2 Å². The summed E-state index contributed by atoms with van der Waals surface area (Å²) < 4.78 is 54.6. The SMILES string of the molecule is COCCNC(=O)C1=C[C@H](c2ccc(OC)cc2)C[C@H](OCCN(CCO)S(=O)(=O)c2ccc(OC)cc2)O1. The van der Waals surface area contributed by atoms with Gasteiger partial charge in [-0.1, -0.05) is 12.1 Å². The maximum Gasteiger partial charge on any atom is 0.286 e. The number of sulfonamides is 1. The molecule has 0 aromatic heterocycles. The van der Waals surface area contributed by atoms with Crippen LogP contribution in [0.3, 0.4) is 0 Å². The van der Waals surface area contributed by atoms with Crippen molar-refractivity contribution >= 4 is 15.9 Å². The first-order chi connectivity index (χ1) is 18.8. The van der Waals surface area contributed by atoms with E-state index in [4.69, 9.17) is 23.7 Å². The van der Waals surface area contributed by atoms with Crippen molar-refractivity contribution in [2.45, 2.75) is 23.5 Å². The molecule has 3 rings (SSSR count). The Hall–Kier alpha value is -3.16. The molecule has 39 heavy (non-hydrogen) atoms. The van der Waals surface area contributed by atoms with Crippen LogP contribution in [0, 0.1) is 0 Å². The van der Waals surface area contributed by atoms with Gasteiger partial charge in [-0.15, -0.1) is 0 Å². The molecular formula is C27H36N2O9S. The zero-order valence-electron chi connectivity index (χ0n) is 22.4. The van der Waals surface area contributed by atoms with Crippen LogP contribution in [-0.4, -0.2) is 90.8 Å². The number of aliphatic hydroxyl groups is 1. The van der Waals surface area contributed by atoms with Crippen LogP contribution in [0.4, 0.5) is 0 Å². The van der Waals surface area contributed by atoms with Crippen molar-refractivity contribution < 1.29 is 42.0 Å². The molecular weight excluding hydrogens is 528 g/mol. The molecule has 0 fully saturated rings. The van der Waals surface area contributed by atoms with E-state index in [0.29, 0.717) is 31.1 Å². The van der Waals surface area contributed by atoms with Crippen molar-refractivity contribution in [1.29, 1.82) is 0 Å². The van der Waals surface area contributed by atoms with Crippen LogP contribution in [0.25, 0.3) is 0 Å². The highest BCUT2D eigenvalue weighted by molar-refractivity contribution is 7.89. The minimum absolute atomic E-state index is 0.0199. The molecule has 2 aromatic rings. The molecule has 0 saturated heterocycles. The summed E-state index contributed by atoms with van der Waals surface area (Å²) in [5.74, 6) is 0.766. The van der Waals surface area contributed by atoms with Crippen LogP contribution in [0.2, 0.25) is 0 Å². The van der Waals surface area contributed by atoms with Gasteiger partial charge in [0.2, 0.25) is 16.3 Å². The first-order valence-electron chi connectivity index (χ1n) is 12.5. The number of carbonyl (C=O) groups excluding carboxylic acids is 1. The number of amides is 1. The van der Waals surface area contributed by atoms with Gasteiger partial charge in [-0.3, -0.25) is 4.79 Å². The number of carbonyl (C=O) groups is 1. The molecule has 2 atom stereocenters. The maximum atomic E-state index is 13.2. The summed E-state index contributed by atoms with van der Waals surface area (Å²) in [6.07, 6.45) is 1.35. The summed E-state index contributed by atoms with van der Waals surface area (Å²) in [7, 11) is 0.735. The largest absolute Gasteiger partial charge is 0.497 e. The Bertz CT molecular complexity index is 1180. The van der Waals surface area contributed by atoms with E-state index in [1.807, 2.05) is 24.3 Å². The number of methoxy groups -OCH3 is 3. The second-order valence-corrected chi connectivity index (χ2v) is 10.6. The molecule has 1 amide bonds. The fourth-order valence-electron chi connectivity index (χ4n) is 4.00. The molecule has 0 unspecified atom stereocenters. The van der Waals surface area contributed by atoms with E-state index in [0.717, 1.165) is 9.87 Å². The normalized spacial score (nSPS) is 17.3. The van der Waals surface area contributed by atoms with Gasteiger partial charge in [-0.2, -0.15) is 4.31 Å². The minimum Gasteiger partial charge on any atom is -0.497 e. The van der Waals surface area contributed by atoms with Crippen LogP contribution in [0.15, 0.2) is 65.3 Å². The molecule has 1 aliphatic heterocycles. The standard InChI is InChI=1S/C27H36N2O9S/c1-34-16-12-28-27(31)25-18-21(20-4-6-22(35-2)7-5-20)19-26(38-25)37-17-14-29(13-15-30)39(32,33)24-10-8-23(36-3)9-11-24/h4-11,18,21,26,30H,12-17,19H2,1-3H3,(H,28,31)/t21-,26+/m0/s1. The lowest BCUT2D eigenvalue weighted by Crippen LogP contribution is -2.38. The van der Waals surface area contributed by atoms with Crippen molar-refractivity contribution in [3.05, 3.63) is 65.9 Å². The van der Waals surface area contributed by atoms with Crippen LogP contribution >= 0.6 is 0 Å². The summed E-state index contributed by atoms with van der Waals surface area (Å²) in [4.78, 5) is 12.8. The first-order valence-corrected chi connectivity index (χ1v) is 13.9. The Morgan fingerprint density at radius 3 is 2.23 bits per heavy atom. The van der Waals surface area contributed by atoms with Gasteiger partial charge in [0.15, 0.2) is 5.76 Å². The summed E-state index contributed by atoms with van der Waals surface area (Å²) in [5, 5.41) is 12.2. The molecule has 0 radical (unpaired) electrons. The number of nitrogens with one attached hydrogen (secondary N) is 1. The summed E-state index contributed by atoms with van der Waals surface area (Å²) in [6, 6.07) is 13.5. The number of allylic oxidation sites excluding steroid dienone is 1. The van der Waals surface area contributed by atoms with Crippen LogP contribution < -0.4 is 14.8 Å². The number of aliphatic hydroxyl groups excluding tert-OH is 1. The van der Waals surface area contributed by atoms with Crippen LogP contribution in [0.5, 0.6) is 11.5 Å². The van der Waals surface area contributed by atoms with E-state index in [9.17, 15) is 18.3 Å². The fraction of sp³-hybridized carbons (Fsp3) is 0.444. The average Bonchev–Trinajstić information content (AvgIpc) is 2.96. The van der Waals surface area contributed by atoms with E-state index in [-0.39, 0.29) is 42.9 Å². The molecule has 0 bridgehead atoms. The molecule has 12 heteroatoms. The Morgan fingerprint density at radius 2 is 1.64 bits per heavy atom. The van der Waals surface area contributed by atoms with Gasteiger partial charge >= 0.3 is 0 Å². The fourth-order valence-corrected chi connectivity index (χ4v) is 5.42. The zero-order valence-corrected chi connectivity index (χ0v) is 23.2. The Balaban J connectivity index is 1.71. The van der Waals surface area contributed by atoms with Crippen molar-refractivity contribution in [1.82, 2.24) is 9.62 Å². The predicted octanol–water partition coefficient (Wildman–Crippen LogP) is 1.88. The molecule has 1 aliphatic rings. The Labute approximate surface area is 229 Å². The van der Waals surface area contributed by atoms with Gasteiger partial charge in [-0.05, 0) is 48.0 Å². The lowest BCUT2D eigenvalue weighted by Gasteiger charge is -2.30. The average molecular weight is 565 g/mol. The lowest BCUT2D eigenvalue weighted by molar-refractivity contribution is -0.146. The molecule has 0 aliphatic carbocycles. The van der Waals surface area contributed by atoms with E-state index >= 15 is 0 Å². The summed E-state index contributed by atoms with van der Waals surface area (Å²) >= 11 is 0. The van der Waals surface area contributed by atoms with E-state index < -0.39 is 22.2 Å². The van der Waals surface area contributed by atoms with E-state index in [2.05, 4.69) is 5.32 Å². The third-order valence-corrected chi connectivity index (χ3v) is 8.02. The minimum atomic E-state index is -3.89. The highest BCUT2D eigenvalue weighted by atomic mass is 32.2. The topological polar surface area (TPSA) is 133 Å². The molecule has 2 N–H and O–H groups in total. The first kappa shape index (κ1) is 30.4. The predicted molar refractivity (Wildman–Crippen MR) is 143 cm³/mol. The molecule has 214 valence electrons. The summed E-state index contributed by atoms with van der Waals surface area (Å²) in [6.45, 7) is 0.154. The van der Waals surface area contributed by atoms with Gasteiger partial charge < -0.3 is 34.1 Å². The second kappa shape index (κ2) is 14.8. The summed E-state index contributed by atoms with van der Waals surface area (Å²) in [5.41, 5.74) is 0.943. The number of ether oxygens (including phenoxy) is 5. The number of hydrogen-bond acceptors (Lipinski definition) is 9. The van der Waals surface area contributed by atoms with Crippen molar-refractivity contribution in [2.75, 3.05) is 60.8 Å². The van der Waals surface area contributed by atoms with Gasteiger partial charge in [-0.25, -0.2) is 8.42 Å². The molecule has 2 aromatic carbocycles. The van der Waals surface area contributed by atoms with Gasteiger partial charge in [0.25, 0.3) is 5.91 Å². The highest BCUT2D eigenvalue weighted by Gasteiger charge is 2.30.